The Morgan fingerprint density at radius 1 is 1.25 bits per heavy atom. The Hall–Kier alpha value is -2.62. The summed E-state index contributed by atoms with van der Waals surface area (Å²) in [5.74, 6) is 0.319. The van der Waals surface area contributed by atoms with Crippen LogP contribution in [0, 0.1) is 20.2 Å². The fourth-order valence-corrected chi connectivity index (χ4v) is 1.31. The Balaban J connectivity index is 2.77. The lowest BCUT2D eigenvalue weighted by Gasteiger charge is -2.18. The number of hydrogen-bond donors (Lipinski definition) is 1. The zero-order valence-electron chi connectivity index (χ0n) is 10.4. The summed E-state index contributed by atoms with van der Waals surface area (Å²) in [7, 11) is 1.36. The summed E-state index contributed by atoms with van der Waals surface area (Å²) < 4.78 is 9.92. The van der Waals surface area contributed by atoms with Crippen LogP contribution in [0.15, 0.2) is 24.3 Å². The van der Waals surface area contributed by atoms with Gasteiger partial charge in [0, 0.05) is 4.92 Å². The maximum Gasteiger partial charge on any atom is 0.297 e. The van der Waals surface area contributed by atoms with Crippen molar-refractivity contribution in [2.45, 2.75) is 12.3 Å². The van der Waals surface area contributed by atoms with Gasteiger partial charge in [0.1, 0.15) is 0 Å². The van der Waals surface area contributed by atoms with Crippen molar-refractivity contribution < 1.29 is 29.4 Å². The predicted octanol–water partition coefficient (Wildman–Crippen LogP) is 0.246. The summed E-state index contributed by atoms with van der Waals surface area (Å²) in [4.78, 5) is 23.7. The number of ether oxygens (including phenoxy) is 2. The molecule has 0 bridgehead atoms. The van der Waals surface area contributed by atoms with Crippen molar-refractivity contribution >= 4 is 0 Å². The van der Waals surface area contributed by atoms with Crippen LogP contribution < -0.4 is 9.47 Å². The highest BCUT2D eigenvalue weighted by atomic mass is 17.0. The van der Waals surface area contributed by atoms with E-state index in [1.54, 1.807) is 12.1 Å². The number of benzene rings is 1. The van der Waals surface area contributed by atoms with Crippen molar-refractivity contribution in [1.29, 1.82) is 0 Å². The van der Waals surface area contributed by atoms with Gasteiger partial charge in [0.05, 0.1) is 7.11 Å². The van der Waals surface area contributed by atoms with Gasteiger partial charge in [-0.25, -0.2) is 0 Å². The molecular weight excluding hydrogens is 276 g/mol. The molecule has 2 unspecified atom stereocenters. The lowest BCUT2D eigenvalue weighted by atomic mass is 10.3. The molecule has 0 aromatic heterocycles. The molecule has 10 heteroatoms. The van der Waals surface area contributed by atoms with E-state index in [0.29, 0.717) is 0 Å². The second kappa shape index (κ2) is 7.09. The van der Waals surface area contributed by atoms with Crippen molar-refractivity contribution in [2.24, 2.45) is 0 Å². The second-order valence-electron chi connectivity index (χ2n) is 3.53. The first kappa shape index (κ1) is 15.4. The van der Waals surface area contributed by atoms with Gasteiger partial charge >= 0.3 is 0 Å². The zero-order chi connectivity index (χ0) is 15.1. The summed E-state index contributed by atoms with van der Waals surface area (Å²) in [6.07, 6.45) is -1.93. The van der Waals surface area contributed by atoms with Crippen molar-refractivity contribution in [1.82, 2.24) is 0 Å². The fraction of sp³-hybridized carbons (Fsp3) is 0.400. The van der Waals surface area contributed by atoms with E-state index in [0.717, 1.165) is 0 Å². The average molecular weight is 288 g/mol. The molecule has 0 saturated carbocycles. The lowest BCUT2D eigenvalue weighted by Crippen LogP contribution is -2.41. The minimum Gasteiger partial charge on any atom is -0.493 e. The van der Waals surface area contributed by atoms with Crippen LogP contribution in [0.4, 0.5) is 0 Å². The fourth-order valence-electron chi connectivity index (χ4n) is 1.31. The monoisotopic (exact) mass is 288 g/mol. The molecule has 0 saturated heterocycles. The highest BCUT2D eigenvalue weighted by molar-refractivity contribution is 5.39. The topological polar surface area (TPSA) is 134 Å². The molecule has 0 aliphatic heterocycles. The molecule has 20 heavy (non-hydrogen) atoms. The normalized spacial score (nSPS) is 13.1. The highest BCUT2D eigenvalue weighted by Gasteiger charge is 2.33. The molecule has 0 fully saturated rings. The number of nitrogens with zero attached hydrogens (tertiary/aromatic N) is 2. The van der Waals surface area contributed by atoms with E-state index in [9.17, 15) is 25.3 Å². The van der Waals surface area contributed by atoms with Gasteiger partial charge in [-0.15, -0.1) is 10.1 Å². The number of para-hydroxylation sites is 2. The van der Waals surface area contributed by atoms with Gasteiger partial charge in [0.15, 0.2) is 18.1 Å². The first-order valence-corrected chi connectivity index (χ1v) is 5.34. The van der Waals surface area contributed by atoms with E-state index in [-0.39, 0.29) is 11.5 Å². The highest BCUT2D eigenvalue weighted by Crippen LogP contribution is 2.27. The average Bonchev–Trinajstić information content (AvgIpc) is 2.38. The molecule has 0 amide bonds. The van der Waals surface area contributed by atoms with Crippen LogP contribution >= 0.6 is 0 Å². The molecule has 1 N–H and O–H groups in total. The summed E-state index contributed by atoms with van der Waals surface area (Å²) in [6, 6.07) is 4.34. The number of methoxy groups -OCH3 is 1. The van der Waals surface area contributed by atoms with Crippen LogP contribution in [0.5, 0.6) is 11.5 Å². The first-order valence-electron chi connectivity index (χ1n) is 5.34. The standard InChI is InChI=1S/C10H12N2O8/c1-18-8-4-2-3-5-9(8)20-10(13)7(11(14)15)6-19-12(16)17/h2-5,7,10,13H,6H2,1H3. The molecule has 1 aromatic carbocycles. The SMILES string of the molecule is COc1ccccc1OC(O)C(CO[N+](=O)[O-])[N+](=O)[O-]. The number of rotatable bonds is 8. The predicted molar refractivity (Wildman–Crippen MR) is 63.4 cm³/mol. The Morgan fingerprint density at radius 3 is 2.35 bits per heavy atom. The van der Waals surface area contributed by atoms with Gasteiger partial charge < -0.3 is 19.4 Å². The van der Waals surface area contributed by atoms with Gasteiger partial charge in [-0.2, -0.15) is 0 Å². The maximum atomic E-state index is 10.7. The van der Waals surface area contributed by atoms with Crippen LogP contribution in [-0.2, 0) is 4.84 Å². The lowest BCUT2D eigenvalue weighted by molar-refractivity contribution is -0.766. The third-order valence-corrected chi connectivity index (χ3v) is 2.27. The van der Waals surface area contributed by atoms with E-state index in [2.05, 4.69) is 4.84 Å². The van der Waals surface area contributed by atoms with Crippen molar-refractivity contribution in [3.8, 4) is 11.5 Å². The quantitative estimate of drug-likeness (QED) is 0.408. The largest absolute Gasteiger partial charge is 0.493 e. The summed E-state index contributed by atoms with van der Waals surface area (Å²) >= 11 is 0. The number of aliphatic hydroxyl groups excluding tert-OH is 1. The van der Waals surface area contributed by atoms with Gasteiger partial charge in [-0.3, -0.25) is 10.1 Å². The third kappa shape index (κ3) is 4.24. The Bertz CT molecular complexity index is 480. The molecule has 0 aliphatic carbocycles. The Labute approximate surface area is 112 Å². The molecule has 1 aromatic rings. The summed E-state index contributed by atoms with van der Waals surface area (Å²) in [5.41, 5.74) is 0. The van der Waals surface area contributed by atoms with Crippen LogP contribution in [0.1, 0.15) is 0 Å². The van der Waals surface area contributed by atoms with Gasteiger partial charge in [0.25, 0.3) is 17.4 Å². The van der Waals surface area contributed by atoms with E-state index in [4.69, 9.17) is 9.47 Å². The smallest absolute Gasteiger partial charge is 0.297 e. The van der Waals surface area contributed by atoms with E-state index in [1.807, 2.05) is 0 Å². The Morgan fingerprint density at radius 2 is 1.85 bits per heavy atom. The van der Waals surface area contributed by atoms with E-state index in [1.165, 1.54) is 19.2 Å². The third-order valence-electron chi connectivity index (χ3n) is 2.27. The number of hydrogen-bond acceptors (Lipinski definition) is 8. The van der Waals surface area contributed by atoms with Crippen LogP contribution in [0.3, 0.4) is 0 Å². The summed E-state index contributed by atoms with van der Waals surface area (Å²) in [6.45, 7) is -0.934. The molecule has 10 nitrogen and oxygen atoms in total. The van der Waals surface area contributed by atoms with Crippen molar-refractivity contribution in [2.75, 3.05) is 13.7 Å². The summed E-state index contributed by atoms with van der Waals surface area (Å²) in [5, 5.41) is 29.2. The molecule has 0 radical (unpaired) electrons. The molecule has 2 atom stereocenters. The second-order valence-corrected chi connectivity index (χ2v) is 3.53. The minimum absolute atomic E-state index is 0.0652. The van der Waals surface area contributed by atoms with Crippen LogP contribution in [-0.4, -0.2) is 41.2 Å². The van der Waals surface area contributed by atoms with Crippen LogP contribution in [0.2, 0.25) is 0 Å². The molecular formula is C10H12N2O8. The first-order chi connectivity index (χ1) is 9.45. The van der Waals surface area contributed by atoms with Gasteiger partial charge in [-0.05, 0) is 12.1 Å². The van der Waals surface area contributed by atoms with Crippen LogP contribution in [0.25, 0.3) is 0 Å². The van der Waals surface area contributed by atoms with Crippen molar-refractivity contribution in [3.05, 3.63) is 44.5 Å². The maximum absolute atomic E-state index is 10.7. The Kier molecular flexibility index (Phi) is 5.47. The molecule has 110 valence electrons. The number of nitro groups is 1. The van der Waals surface area contributed by atoms with E-state index >= 15 is 0 Å². The molecule has 1 rings (SSSR count). The van der Waals surface area contributed by atoms with E-state index < -0.39 is 28.9 Å². The van der Waals surface area contributed by atoms with Gasteiger partial charge in [-0.1, -0.05) is 12.1 Å². The number of aliphatic hydroxyl groups is 1. The van der Waals surface area contributed by atoms with Crippen molar-refractivity contribution in [3.63, 3.8) is 0 Å². The zero-order valence-corrected chi connectivity index (χ0v) is 10.4. The molecule has 0 heterocycles. The van der Waals surface area contributed by atoms with Gasteiger partial charge in [0.2, 0.25) is 0 Å². The molecule has 0 spiro atoms. The minimum atomic E-state index is -1.93. The molecule has 0 aliphatic rings.